The van der Waals surface area contributed by atoms with E-state index in [1.165, 1.54) is 0 Å². The third kappa shape index (κ3) is 2.21. The Balaban J connectivity index is 2.40. The highest BCUT2D eigenvalue weighted by atomic mass is 16.1. The molecule has 0 aromatic rings. The topological polar surface area (TPSA) is 78.9 Å². The highest BCUT2D eigenvalue weighted by Gasteiger charge is 2.23. The lowest BCUT2D eigenvalue weighted by molar-refractivity contribution is -0.126. The Morgan fingerprint density at radius 2 is 2.58 bits per heavy atom. The molecule has 3 N–H and O–H groups in total. The first kappa shape index (κ1) is 9.01. The van der Waals surface area contributed by atoms with Crippen LogP contribution in [0.3, 0.4) is 0 Å². The SMILES string of the molecule is N#CC(N)C[C@@H]1CCCNC1=O. The Hall–Kier alpha value is -1.08. The van der Waals surface area contributed by atoms with Gasteiger partial charge in [-0.3, -0.25) is 4.79 Å². The maximum absolute atomic E-state index is 11.2. The largest absolute Gasteiger partial charge is 0.356 e. The average molecular weight is 167 g/mol. The average Bonchev–Trinajstić information content (AvgIpc) is 2.09. The fraction of sp³-hybridized carbons (Fsp3) is 0.750. The fourth-order valence-corrected chi connectivity index (χ4v) is 1.42. The van der Waals surface area contributed by atoms with Crippen LogP contribution in [0.25, 0.3) is 0 Å². The molecule has 0 saturated carbocycles. The molecule has 1 fully saturated rings. The second-order valence-corrected chi connectivity index (χ2v) is 3.10. The van der Waals surface area contributed by atoms with Gasteiger partial charge in [0.15, 0.2) is 0 Å². The zero-order valence-corrected chi connectivity index (χ0v) is 6.92. The van der Waals surface area contributed by atoms with Gasteiger partial charge in [-0.05, 0) is 19.3 Å². The van der Waals surface area contributed by atoms with Gasteiger partial charge in [-0.25, -0.2) is 0 Å². The molecule has 1 unspecified atom stereocenters. The molecule has 1 saturated heterocycles. The Morgan fingerprint density at radius 1 is 1.83 bits per heavy atom. The standard InChI is InChI=1S/C8H13N3O/c9-5-7(10)4-6-2-1-3-11-8(6)12/h6-7H,1-4,10H2,(H,11,12)/t6-,7?/m0/s1. The second kappa shape index (κ2) is 4.07. The molecule has 12 heavy (non-hydrogen) atoms. The van der Waals surface area contributed by atoms with Gasteiger partial charge >= 0.3 is 0 Å². The molecule has 1 amide bonds. The molecule has 4 heteroatoms. The van der Waals surface area contributed by atoms with E-state index in [-0.39, 0.29) is 11.8 Å². The van der Waals surface area contributed by atoms with Gasteiger partial charge in [0.25, 0.3) is 0 Å². The van der Waals surface area contributed by atoms with Gasteiger partial charge in [-0.2, -0.15) is 5.26 Å². The van der Waals surface area contributed by atoms with Crippen molar-refractivity contribution in [1.82, 2.24) is 5.32 Å². The maximum atomic E-state index is 11.2. The molecule has 2 atom stereocenters. The third-order valence-electron chi connectivity index (χ3n) is 2.10. The van der Waals surface area contributed by atoms with E-state index in [1.54, 1.807) is 0 Å². The number of hydrogen-bond donors (Lipinski definition) is 2. The van der Waals surface area contributed by atoms with Crippen LogP contribution < -0.4 is 11.1 Å². The molecular formula is C8H13N3O. The third-order valence-corrected chi connectivity index (χ3v) is 2.10. The van der Waals surface area contributed by atoms with Gasteiger partial charge in [0.2, 0.25) is 5.91 Å². The summed E-state index contributed by atoms with van der Waals surface area (Å²) >= 11 is 0. The van der Waals surface area contributed by atoms with Crippen LogP contribution in [0.15, 0.2) is 0 Å². The first-order valence-corrected chi connectivity index (χ1v) is 4.17. The minimum Gasteiger partial charge on any atom is -0.356 e. The van der Waals surface area contributed by atoms with Crippen molar-refractivity contribution in [2.75, 3.05) is 6.54 Å². The molecule has 0 spiro atoms. The van der Waals surface area contributed by atoms with E-state index in [2.05, 4.69) is 5.32 Å². The van der Waals surface area contributed by atoms with Gasteiger partial charge in [0, 0.05) is 12.5 Å². The van der Waals surface area contributed by atoms with Crippen LogP contribution in [0, 0.1) is 17.2 Å². The van der Waals surface area contributed by atoms with Crippen molar-refractivity contribution in [3.05, 3.63) is 0 Å². The van der Waals surface area contributed by atoms with Crippen LogP contribution in [0.5, 0.6) is 0 Å². The van der Waals surface area contributed by atoms with Crippen LogP contribution in [0.1, 0.15) is 19.3 Å². The summed E-state index contributed by atoms with van der Waals surface area (Å²) in [7, 11) is 0. The van der Waals surface area contributed by atoms with E-state index in [1.807, 2.05) is 6.07 Å². The van der Waals surface area contributed by atoms with E-state index in [0.717, 1.165) is 19.4 Å². The predicted octanol–water partition coefficient (Wildman–Crippen LogP) is -0.246. The summed E-state index contributed by atoms with van der Waals surface area (Å²) in [6.07, 6.45) is 2.35. The Bertz CT molecular complexity index is 209. The molecule has 0 aromatic carbocycles. The van der Waals surface area contributed by atoms with Crippen molar-refractivity contribution in [2.24, 2.45) is 11.7 Å². The van der Waals surface area contributed by atoms with Crippen molar-refractivity contribution in [2.45, 2.75) is 25.3 Å². The number of nitrogens with two attached hydrogens (primary N) is 1. The summed E-state index contributed by atoms with van der Waals surface area (Å²) in [5, 5.41) is 11.2. The summed E-state index contributed by atoms with van der Waals surface area (Å²) in [5.41, 5.74) is 5.42. The number of nitriles is 1. The van der Waals surface area contributed by atoms with Crippen molar-refractivity contribution >= 4 is 5.91 Å². The number of nitrogens with one attached hydrogen (secondary N) is 1. The van der Waals surface area contributed by atoms with Crippen LogP contribution in [0.2, 0.25) is 0 Å². The molecule has 0 bridgehead atoms. The van der Waals surface area contributed by atoms with E-state index >= 15 is 0 Å². The summed E-state index contributed by atoms with van der Waals surface area (Å²) in [6.45, 7) is 0.761. The van der Waals surface area contributed by atoms with Crippen molar-refractivity contribution in [3.8, 4) is 6.07 Å². The van der Waals surface area contributed by atoms with Crippen LogP contribution in [0.4, 0.5) is 0 Å². The highest BCUT2D eigenvalue weighted by molar-refractivity contribution is 5.79. The lowest BCUT2D eigenvalue weighted by Crippen LogP contribution is -2.39. The maximum Gasteiger partial charge on any atom is 0.223 e. The smallest absolute Gasteiger partial charge is 0.223 e. The number of carbonyl (C=O) groups is 1. The summed E-state index contributed by atoms with van der Waals surface area (Å²) in [5.74, 6) is 0.000324. The predicted molar refractivity (Wildman–Crippen MR) is 43.9 cm³/mol. The van der Waals surface area contributed by atoms with Gasteiger partial charge in [0.05, 0.1) is 12.1 Å². The van der Waals surface area contributed by atoms with Crippen LogP contribution in [-0.4, -0.2) is 18.5 Å². The van der Waals surface area contributed by atoms with Crippen LogP contribution in [-0.2, 0) is 4.79 Å². The minimum absolute atomic E-state index is 0.0478. The summed E-state index contributed by atoms with van der Waals surface area (Å²) in [4.78, 5) is 11.2. The quantitative estimate of drug-likeness (QED) is 0.595. The Morgan fingerprint density at radius 3 is 3.17 bits per heavy atom. The molecule has 4 nitrogen and oxygen atoms in total. The van der Waals surface area contributed by atoms with Crippen LogP contribution >= 0.6 is 0 Å². The normalized spacial score (nSPS) is 25.7. The van der Waals surface area contributed by atoms with Gasteiger partial charge in [0.1, 0.15) is 0 Å². The zero-order valence-electron chi connectivity index (χ0n) is 6.92. The first-order valence-electron chi connectivity index (χ1n) is 4.17. The molecule has 1 aliphatic heterocycles. The molecule has 0 radical (unpaired) electrons. The van der Waals surface area contributed by atoms with E-state index < -0.39 is 6.04 Å². The molecule has 0 aromatic heterocycles. The molecule has 66 valence electrons. The second-order valence-electron chi connectivity index (χ2n) is 3.10. The lowest BCUT2D eigenvalue weighted by atomic mass is 9.92. The molecule has 1 rings (SSSR count). The van der Waals surface area contributed by atoms with Gasteiger partial charge < -0.3 is 11.1 Å². The first-order chi connectivity index (χ1) is 5.74. The van der Waals surface area contributed by atoms with Crippen molar-refractivity contribution in [1.29, 1.82) is 5.26 Å². The number of nitrogens with zero attached hydrogens (tertiary/aromatic N) is 1. The van der Waals surface area contributed by atoms with Crippen molar-refractivity contribution < 1.29 is 4.79 Å². The number of piperidine rings is 1. The number of rotatable bonds is 2. The zero-order chi connectivity index (χ0) is 8.97. The van der Waals surface area contributed by atoms with E-state index in [9.17, 15) is 4.79 Å². The minimum atomic E-state index is -0.501. The molecule has 0 aliphatic carbocycles. The summed E-state index contributed by atoms with van der Waals surface area (Å²) < 4.78 is 0. The summed E-state index contributed by atoms with van der Waals surface area (Å²) in [6, 6.07) is 1.43. The Labute approximate surface area is 71.7 Å². The molecular weight excluding hydrogens is 154 g/mol. The van der Waals surface area contributed by atoms with Gasteiger partial charge in [-0.1, -0.05) is 0 Å². The number of amides is 1. The van der Waals surface area contributed by atoms with E-state index in [4.69, 9.17) is 11.0 Å². The fourth-order valence-electron chi connectivity index (χ4n) is 1.42. The Kier molecular flexibility index (Phi) is 3.06. The molecule has 1 aliphatic rings. The molecule has 1 heterocycles. The monoisotopic (exact) mass is 167 g/mol. The highest BCUT2D eigenvalue weighted by Crippen LogP contribution is 2.16. The van der Waals surface area contributed by atoms with E-state index in [0.29, 0.717) is 6.42 Å². The number of hydrogen-bond acceptors (Lipinski definition) is 3. The van der Waals surface area contributed by atoms with Gasteiger partial charge in [-0.15, -0.1) is 0 Å². The lowest BCUT2D eigenvalue weighted by Gasteiger charge is -2.22. The number of carbonyl (C=O) groups excluding carboxylic acids is 1. The van der Waals surface area contributed by atoms with Crippen molar-refractivity contribution in [3.63, 3.8) is 0 Å².